The van der Waals surface area contributed by atoms with Crippen molar-refractivity contribution in [2.75, 3.05) is 40.0 Å². The van der Waals surface area contributed by atoms with E-state index in [2.05, 4.69) is 0 Å². The van der Waals surface area contributed by atoms with Crippen LogP contribution in [0.5, 0.6) is 5.75 Å². The van der Waals surface area contributed by atoms with Crippen molar-refractivity contribution in [3.05, 3.63) is 29.8 Å². The highest BCUT2D eigenvalue weighted by Gasteiger charge is 2.36. The number of likely N-dealkylation sites (tertiary alicyclic amines) is 1. The van der Waals surface area contributed by atoms with Gasteiger partial charge in [0.05, 0.1) is 6.61 Å². The second kappa shape index (κ2) is 9.04. The van der Waals surface area contributed by atoms with Crippen molar-refractivity contribution >= 4 is 5.91 Å². The number of nitrogens with zero attached hydrogens (tertiary/aromatic N) is 1. The van der Waals surface area contributed by atoms with Gasteiger partial charge in [-0.1, -0.05) is 17.7 Å². The van der Waals surface area contributed by atoms with Crippen LogP contribution in [-0.2, 0) is 9.53 Å². The van der Waals surface area contributed by atoms with Gasteiger partial charge in [-0.15, -0.1) is 0 Å². The molecule has 0 aromatic heterocycles. The number of methoxy groups -OCH3 is 1. The number of hydrogen-bond donors (Lipinski definition) is 1. The van der Waals surface area contributed by atoms with E-state index in [0.29, 0.717) is 18.9 Å². The maximum Gasteiger partial charge on any atom is 0.260 e. The topological polar surface area (TPSA) is 59.0 Å². The van der Waals surface area contributed by atoms with Crippen LogP contribution in [0.4, 0.5) is 0 Å². The van der Waals surface area contributed by atoms with Crippen molar-refractivity contribution in [1.82, 2.24) is 4.90 Å². The van der Waals surface area contributed by atoms with Gasteiger partial charge >= 0.3 is 0 Å². The highest BCUT2D eigenvalue weighted by molar-refractivity contribution is 5.78. The molecule has 134 valence electrons. The molecule has 1 N–H and O–H groups in total. The summed E-state index contributed by atoms with van der Waals surface area (Å²) in [6.07, 6.45) is 3.65. The number of carbonyl (C=O) groups is 1. The molecular weight excluding hydrogens is 306 g/mol. The van der Waals surface area contributed by atoms with Crippen LogP contribution in [0.3, 0.4) is 0 Å². The van der Waals surface area contributed by atoms with Crippen LogP contribution in [0, 0.1) is 12.3 Å². The summed E-state index contributed by atoms with van der Waals surface area (Å²) in [5, 5.41) is 9.86. The van der Waals surface area contributed by atoms with Gasteiger partial charge in [0.15, 0.2) is 6.61 Å². The lowest BCUT2D eigenvalue weighted by Crippen LogP contribution is -2.49. The fourth-order valence-corrected chi connectivity index (χ4v) is 3.30. The van der Waals surface area contributed by atoms with Crippen LogP contribution in [0.2, 0.25) is 0 Å². The molecule has 1 amide bonds. The molecule has 1 unspecified atom stereocenters. The van der Waals surface area contributed by atoms with Gasteiger partial charge < -0.3 is 19.5 Å². The van der Waals surface area contributed by atoms with Crippen molar-refractivity contribution in [3.8, 4) is 5.75 Å². The van der Waals surface area contributed by atoms with Crippen molar-refractivity contribution < 1.29 is 19.4 Å². The highest BCUT2D eigenvalue weighted by Crippen LogP contribution is 2.34. The first-order valence-electron chi connectivity index (χ1n) is 8.66. The molecule has 0 radical (unpaired) electrons. The Balaban J connectivity index is 1.87. The van der Waals surface area contributed by atoms with E-state index in [-0.39, 0.29) is 24.5 Å². The Labute approximate surface area is 144 Å². The largest absolute Gasteiger partial charge is 0.484 e. The van der Waals surface area contributed by atoms with E-state index in [1.807, 2.05) is 36.1 Å². The second-order valence-corrected chi connectivity index (χ2v) is 6.78. The van der Waals surface area contributed by atoms with E-state index >= 15 is 0 Å². The fourth-order valence-electron chi connectivity index (χ4n) is 3.30. The van der Waals surface area contributed by atoms with Crippen LogP contribution in [0.1, 0.15) is 31.2 Å². The third-order valence-electron chi connectivity index (χ3n) is 4.79. The van der Waals surface area contributed by atoms with Crippen molar-refractivity contribution in [1.29, 1.82) is 0 Å². The average molecular weight is 335 g/mol. The fraction of sp³-hybridized carbons (Fsp3) is 0.632. The van der Waals surface area contributed by atoms with Gasteiger partial charge in [0, 0.05) is 32.2 Å². The number of aliphatic hydroxyl groups excluding tert-OH is 1. The lowest BCUT2D eigenvalue weighted by atomic mass is 9.77. The van der Waals surface area contributed by atoms with Gasteiger partial charge in [-0.2, -0.15) is 0 Å². The number of carbonyl (C=O) groups excluding carboxylic acids is 1. The number of benzene rings is 1. The van der Waals surface area contributed by atoms with Gasteiger partial charge in [-0.05, 0) is 44.7 Å². The SMILES string of the molecule is COCCCC1(CO)CCCN(C(=O)COc2ccc(C)cc2)C1. The Kier molecular flexibility index (Phi) is 7.06. The monoisotopic (exact) mass is 335 g/mol. The van der Waals surface area contributed by atoms with E-state index in [4.69, 9.17) is 9.47 Å². The quantitative estimate of drug-likeness (QED) is 0.741. The third-order valence-corrected chi connectivity index (χ3v) is 4.79. The standard InChI is InChI=1S/C19H29NO4/c1-16-5-7-17(8-6-16)24-13-18(22)20-11-3-9-19(14-20,15-21)10-4-12-23-2/h5-8,21H,3-4,9-15H2,1-2H3. The Morgan fingerprint density at radius 1 is 1.33 bits per heavy atom. The molecule has 24 heavy (non-hydrogen) atoms. The summed E-state index contributed by atoms with van der Waals surface area (Å²) in [5.41, 5.74) is 0.963. The number of aryl methyl sites for hydroxylation is 1. The Morgan fingerprint density at radius 3 is 2.75 bits per heavy atom. The summed E-state index contributed by atoms with van der Waals surface area (Å²) in [7, 11) is 1.69. The van der Waals surface area contributed by atoms with Crippen LogP contribution >= 0.6 is 0 Å². The van der Waals surface area contributed by atoms with Crippen molar-refractivity contribution in [2.45, 2.75) is 32.6 Å². The summed E-state index contributed by atoms with van der Waals surface area (Å²) >= 11 is 0. The zero-order chi connectivity index (χ0) is 17.4. The Morgan fingerprint density at radius 2 is 2.08 bits per heavy atom. The maximum absolute atomic E-state index is 12.5. The first-order valence-corrected chi connectivity index (χ1v) is 8.66. The summed E-state index contributed by atoms with van der Waals surface area (Å²) in [6.45, 7) is 4.19. The van der Waals surface area contributed by atoms with E-state index in [1.165, 1.54) is 0 Å². The van der Waals surface area contributed by atoms with E-state index in [1.54, 1.807) is 7.11 Å². The van der Waals surface area contributed by atoms with Crippen LogP contribution in [-0.4, -0.2) is 55.9 Å². The second-order valence-electron chi connectivity index (χ2n) is 6.78. The minimum absolute atomic E-state index is 0.0140. The summed E-state index contributed by atoms with van der Waals surface area (Å²) in [6, 6.07) is 7.68. The number of piperidine rings is 1. The first-order chi connectivity index (χ1) is 11.6. The molecule has 0 spiro atoms. The van der Waals surface area contributed by atoms with E-state index < -0.39 is 0 Å². The molecule has 1 fully saturated rings. The molecule has 1 aromatic rings. The predicted molar refractivity (Wildman–Crippen MR) is 93.1 cm³/mol. The van der Waals surface area contributed by atoms with Crippen LogP contribution in [0.15, 0.2) is 24.3 Å². The van der Waals surface area contributed by atoms with Gasteiger partial charge in [-0.3, -0.25) is 4.79 Å². The smallest absolute Gasteiger partial charge is 0.260 e. The van der Waals surface area contributed by atoms with Gasteiger partial charge in [0.25, 0.3) is 5.91 Å². The highest BCUT2D eigenvalue weighted by atomic mass is 16.5. The third kappa shape index (κ3) is 5.21. The summed E-state index contributed by atoms with van der Waals surface area (Å²) in [5.74, 6) is 0.694. The Bertz CT molecular complexity index is 517. The molecule has 5 nitrogen and oxygen atoms in total. The summed E-state index contributed by atoms with van der Waals surface area (Å²) < 4.78 is 10.7. The van der Waals surface area contributed by atoms with Crippen molar-refractivity contribution in [2.24, 2.45) is 5.41 Å². The molecule has 0 aliphatic carbocycles. The molecule has 0 bridgehead atoms. The minimum Gasteiger partial charge on any atom is -0.484 e. The predicted octanol–water partition coefficient (Wildman–Crippen LogP) is 2.40. The Hall–Kier alpha value is -1.59. The molecule has 1 aromatic carbocycles. The lowest BCUT2D eigenvalue weighted by molar-refractivity contribution is -0.138. The summed E-state index contributed by atoms with van der Waals surface area (Å²) in [4.78, 5) is 14.3. The van der Waals surface area contributed by atoms with Gasteiger partial charge in [0.2, 0.25) is 0 Å². The molecule has 1 atom stereocenters. The maximum atomic E-state index is 12.5. The molecule has 0 saturated carbocycles. The molecule has 1 heterocycles. The average Bonchev–Trinajstić information content (AvgIpc) is 2.61. The zero-order valence-electron chi connectivity index (χ0n) is 14.8. The van der Waals surface area contributed by atoms with E-state index in [9.17, 15) is 9.90 Å². The zero-order valence-corrected chi connectivity index (χ0v) is 14.8. The minimum atomic E-state index is -0.198. The first kappa shape index (κ1) is 18.7. The molecular formula is C19H29NO4. The lowest BCUT2D eigenvalue weighted by Gasteiger charge is -2.42. The van der Waals surface area contributed by atoms with Crippen LogP contribution < -0.4 is 4.74 Å². The number of amides is 1. The van der Waals surface area contributed by atoms with E-state index in [0.717, 1.165) is 37.8 Å². The molecule has 1 aliphatic heterocycles. The number of hydrogen-bond acceptors (Lipinski definition) is 4. The molecule has 2 rings (SSSR count). The molecule has 1 saturated heterocycles. The van der Waals surface area contributed by atoms with Crippen molar-refractivity contribution in [3.63, 3.8) is 0 Å². The number of aliphatic hydroxyl groups is 1. The molecule has 5 heteroatoms. The number of ether oxygens (including phenoxy) is 2. The number of rotatable bonds is 8. The van der Waals surface area contributed by atoms with Crippen LogP contribution in [0.25, 0.3) is 0 Å². The molecule has 1 aliphatic rings. The van der Waals surface area contributed by atoms with Gasteiger partial charge in [0.1, 0.15) is 5.75 Å². The normalized spacial score (nSPS) is 20.9. The van der Waals surface area contributed by atoms with Gasteiger partial charge in [-0.25, -0.2) is 0 Å².